The molecule has 0 saturated carbocycles. The fraction of sp³-hybridized carbons (Fsp3) is 0.391. The Morgan fingerprint density at radius 2 is 1.74 bits per heavy atom. The van der Waals surface area contributed by atoms with Crippen LogP contribution in [-0.4, -0.2) is 68.7 Å². The van der Waals surface area contributed by atoms with Gasteiger partial charge in [0.1, 0.15) is 5.82 Å². The topological polar surface area (TPSA) is 67.2 Å². The van der Waals surface area contributed by atoms with Gasteiger partial charge in [-0.15, -0.1) is 0 Å². The fourth-order valence-corrected chi connectivity index (χ4v) is 3.39. The van der Waals surface area contributed by atoms with E-state index in [2.05, 4.69) is 33.8 Å². The summed E-state index contributed by atoms with van der Waals surface area (Å²) < 4.78 is 14.9. The molecule has 0 fully saturated rings. The second kappa shape index (κ2) is 9.78. The summed E-state index contributed by atoms with van der Waals surface area (Å²) in [4.78, 5) is 26.0. The number of rotatable bonds is 8. The zero-order valence-corrected chi connectivity index (χ0v) is 18.8. The third-order valence-corrected chi connectivity index (χ3v) is 5.50. The summed E-state index contributed by atoms with van der Waals surface area (Å²) in [5.41, 5.74) is 3.56. The summed E-state index contributed by atoms with van der Waals surface area (Å²) in [5, 5.41) is 4.37. The number of aromatic nitrogens is 4. The average molecular weight is 425 g/mol. The Morgan fingerprint density at radius 1 is 1.06 bits per heavy atom. The summed E-state index contributed by atoms with van der Waals surface area (Å²) in [5.74, 6) is -0.0130. The van der Waals surface area contributed by atoms with Gasteiger partial charge in [-0.1, -0.05) is 13.8 Å². The summed E-state index contributed by atoms with van der Waals surface area (Å²) in [6.07, 6.45) is 3.27. The van der Waals surface area contributed by atoms with E-state index in [1.165, 1.54) is 12.1 Å². The van der Waals surface area contributed by atoms with E-state index in [0.29, 0.717) is 29.4 Å². The molecule has 0 N–H and O–H groups in total. The van der Waals surface area contributed by atoms with E-state index in [4.69, 9.17) is 0 Å². The SMILES string of the molecule is CCN(CC)CCN(C)C(=O)c1cnn(-c2ncc(C)c(-c3ccc(F)cc3)n2)c1C. The lowest BCUT2D eigenvalue weighted by Crippen LogP contribution is -2.36. The van der Waals surface area contributed by atoms with Gasteiger partial charge in [-0.2, -0.15) is 5.10 Å². The van der Waals surface area contributed by atoms with Gasteiger partial charge in [-0.05, 0) is 56.8 Å². The van der Waals surface area contributed by atoms with Crippen molar-refractivity contribution in [1.29, 1.82) is 0 Å². The molecule has 0 saturated heterocycles. The van der Waals surface area contributed by atoms with E-state index >= 15 is 0 Å². The Kier molecular flexibility index (Phi) is 7.12. The molecule has 2 heterocycles. The lowest BCUT2D eigenvalue weighted by atomic mass is 10.1. The Bertz CT molecular complexity index is 1040. The van der Waals surface area contributed by atoms with Crippen molar-refractivity contribution in [2.45, 2.75) is 27.7 Å². The van der Waals surface area contributed by atoms with Gasteiger partial charge in [0.15, 0.2) is 0 Å². The molecular weight excluding hydrogens is 395 g/mol. The maximum atomic E-state index is 13.3. The quantitative estimate of drug-likeness (QED) is 0.554. The third kappa shape index (κ3) is 4.96. The minimum atomic E-state index is -0.299. The largest absolute Gasteiger partial charge is 0.340 e. The number of amides is 1. The number of aryl methyl sites for hydroxylation is 1. The van der Waals surface area contributed by atoms with Crippen molar-refractivity contribution >= 4 is 5.91 Å². The first-order chi connectivity index (χ1) is 14.8. The minimum Gasteiger partial charge on any atom is -0.340 e. The minimum absolute atomic E-state index is 0.0817. The monoisotopic (exact) mass is 424 g/mol. The van der Waals surface area contributed by atoms with Gasteiger partial charge in [-0.25, -0.2) is 19.0 Å². The van der Waals surface area contributed by atoms with Crippen LogP contribution in [-0.2, 0) is 0 Å². The first-order valence-corrected chi connectivity index (χ1v) is 10.5. The summed E-state index contributed by atoms with van der Waals surface area (Å²) in [7, 11) is 1.80. The van der Waals surface area contributed by atoms with Gasteiger partial charge in [-0.3, -0.25) is 4.79 Å². The molecule has 1 aromatic carbocycles. The molecule has 164 valence electrons. The van der Waals surface area contributed by atoms with Crippen molar-refractivity contribution in [2.75, 3.05) is 33.2 Å². The number of halogens is 1. The van der Waals surface area contributed by atoms with Crippen molar-refractivity contribution in [3.05, 3.63) is 59.3 Å². The van der Waals surface area contributed by atoms with Crippen LogP contribution in [0.5, 0.6) is 0 Å². The lowest BCUT2D eigenvalue weighted by Gasteiger charge is -2.23. The van der Waals surface area contributed by atoms with Gasteiger partial charge in [0, 0.05) is 31.9 Å². The van der Waals surface area contributed by atoms with Crippen LogP contribution in [0.3, 0.4) is 0 Å². The average Bonchev–Trinajstić information content (AvgIpc) is 3.16. The number of benzene rings is 1. The van der Waals surface area contributed by atoms with Crippen LogP contribution >= 0.6 is 0 Å². The molecule has 0 spiro atoms. The maximum absolute atomic E-state index is 13.3. The molecule has 0 aliphatic rings. The summed E-state index contributed by atoms with van der Waals surface area (Å²) >= 11 is 0. The van der Waals surface area contributed by atoms with Crippen molar-refractivity contribution in [3.63, 3.8) is 0 Å². The van der Waals surface area contributed by atoms with Crippen molar-refractivity contribution in [3.8, 4) is 17.2 Å². The fourth-order valence-electron chi connectivity index (χ4n) is 3.39. The molecule has 0 unspecified atom stereocenters. The number of hydrogen-bond acceptors (Lipinski definition) is 5. The van der Waals surface area contributed by atoms with Crippen molar-refractivity contribution < 1.29 is 9.18 Å². The highest BCUT2D eigenvalue weighted by Gasteiger charge is 2.20. The number of nitrogens with zero attached hydrogens (tertiary/aromatic N) is 6. The predicted molar refractivity (Wildman–Crippen MR) is 119 cm³/mol. The maximum Gasteiger partial charge on any atom is 0.257 e. The van der Waals surface area contributed by atoms with Crippen LogP contribution in [0.2, 0.25) is 0 Å². The molecule has 0 bridgehead atoms. The number of carbonyl (C=O) groups excluding carboxylic acids is 1. The first kappa shape index (κ1) is 22.6. The highest BCUT2D eigenvalue weighted by molar-refractivity contribution is 5.95. The Hall–Kier alpha value is -3.13. The molecule has 31 heavy (non-hydrogen) atoms. The van der Waals surface area contributed by atoms with E-state index in [-0.39, 0.29) is 11.7 Å². The molecule has 3 aromatic rings. The Labute approximate surface area is 182 Å². The van der Waals surface area contributed by atoms with Crippen LogP contribution in [0, 0.1) is 19.7 Å². The summed E-state index contributed by atoms with van der Waals surface area (Å²) in [6.45, 7) is 11.3. The van der Waals surface area contributed by atoms with Crippen LogP contribution in [0.1, 0.15) is 35.5 Å². The van der Waals surface area contributed by atoms with E-state index in [1.807, 2.05) is 13.8 Å². The molecular formula is C23H29FN6O. The van der Waals surface area contributed by atoms with Crippen LogP contribution in [0.4, 0.5) is 4.39 Å². The smallest absolute Gasteiger partial charge is 0.257 e. The number of likely N-dealkylation sites (N-methyl/N-ethyl adjacent to an activating group) is 2. The first-order valence-electron chi connectivity index (χ1n) is 10.5. The highest BCUT2D eigenvalue weighted by atomic mass is 19.1. The van der Waals surface area contributed by atoms with Gasteiger partial charge in [0.2, 0.25) is 0 Å². The Balaban J connectivity index is 1.85. The van der Waals surface area contributed by atoms with Crippen molar-refractivity contribution in [2.24, 2.45) is 0 Å². The molecule has 0 aliphatic carbocycles. The lowest BCUT2D eigenvalue weighted by molar-refractivity contribution is 0.0779. The second-order valence-electron chi connectivity index (χ2n) is 7.52. The second-order valence-corrected chi connectivity index (χ2v) is 7.52. The van der Waals surface area contributed by atoms with Crippen molar-refractivity contribution in [1.82, 2.24) is 29.5 Å². The van der Waals surface area contributed by atoms with Crippen LogP contribution in [0.15, 0.2) is 36.7 Å². The summed E-state index contributed by atoms with van der Waals surface area (Å²) in [6, 6.07) is 6.18. The number of hydrogen-bond donors (Lipinski definition) is 0. The van der Waals surface area contributed by atoms with Gasteiger partial charge in [0.05, 0.1) is 23.1 Å². The molecule has 2 aromatic heterocycles. The van der Waals surface area contributed by atoms with Gasteiger partial charge >= 0.3 is 0 Å². The molecule has 8 heteroatoms. The van der Waals surface area contributed by atoms with Crippen LogP contribution in [0.25, 0.3) is 17.2 Å². The van der Waals surface area contributed by atoms with Gasteiger partial charge in [0.25, 0.3) is 11.9 Å². The van der Waals surface area contributed by atoms with E-state index < -0.39 is 0 Å². The van der Waals surface area contributed by atoms with E-state index in [9.17, 15) is 9.18 Å². The normalized spacial score (nSPS) is 11.2. The van der Waals surface area contributed by atoms with Crippen LogP contribution < -0.4 is 0 Å². The molecule has 0 atom stereocenters. The molecule has 0 aliphatic heterocycles. The zero-order chi connectivity index (χ0) is 22.5. The van der Waals surface area contributed by atoms with E-state index in [0.717, 1.165) is 30.8 Å². The zero-order valence-electron chi connectivity index (χ0n) is 18.8. The van der Waals surface area contributed by atoms with Gasteiger partial charge < -0.3 is 9.80 Å². The standard InChI is InChI=1S/C23H29FN6O/c1-6-29(7-2)13-12-28(5)22(31)20-15-26-30(17(20)4)23-25-14-16(3)21(27-23)18-8-10-19(24)11-9-18/h8-11,14-15H,6-7,12-13H2,1-5H3. The molecule has 7 nitrogen and oxygen atoms in total. The molecule has 0 radical (unpaired) electrons. The van der Waals surface area contributed by atoms with E-state index in [1.54, 1.807) is 41.2 Å². The number of carbonyl (C=O) groups is 1. The molecule has 3 rings (SSSR count). The Morgan fingerprint density at radius 3 is 2.39 bits per heavy atom. The molecule has 1 amide bonds. The third-order valence-electron chi connectivity index (χ3n) is 5.50. The predicted octanol–water partition coefficient (Wildman–Crippen LogP) is 3.50. The highest BCUT2D eigenvalue weighted by Crippen LogP contribution is 2.22.